The number of aromatic nitrogens is 1. The van der Waals surface area contributed by atoms with E-state index >= 15 is 0 Å². The van der Waals surface area contributed by atoms with Crippen molar-refractivity contribution >= 4 is 15.9 Å². The molecule has 6 nitrogen and oxygen atoms in total. The Kier molecular flexibility index (Phi) is 5.61. The van der Waals surface area contributed by atoms with E-state index in [-0.39, 0.29) is 16.8 Å². The molecular formula is C17H27N3O3S. The van der Waals surface area contributed by atoms with Gasteiger partial charge < -0.3 is 10.3 Å². The van der Waals surface area contributed by atoms with E-state index in [0.29, 0.717) is 18.8 Å². The molecule has 0 atom stereocenters. The highest BCUT2D eigenvalue weighted by atomic mass is 32.2. The zero-order valence-corrected chi connectivity index (χ0v) is 14.9. The number of H-pyrrole nitrogens is 1. The molecule has 0 spiro atoms. The van der Waals surface area contributed by atoms with Gasteiger partial charge in [-0.15, -0.1) is 0 Å². The molecule has 1 amide bonds. The first-order valence-corrected chi connectivity index (χ1v) is 10.5. The smallest absolute Gasteiger partial charge is 0.267 e. The number of sulfonamides is 1. The van der Waals surface area contributed by atoms with Gasteiger partial charge in [-0.25, -0.2) is 8.42 Å². The minimum Gasteiger partial charge on any atom is -0.356 e. The molecule has 1 saturated heterocycles. The van der Waals surface area contributed by atoms with Gasteiger partial charge in [0.05, 0.1) is 0 Å². The number of hydrogen-bond donors (Lipinski definition) is 2. The fraction of sp³-hybridized carbons (Fsp3) is 0.706. The average molecular weight is 353 g/mol. The summed E-state index contributed by atoms with van der Waals surface area (Å²) in [5.74, 6) is -0.205. The predicted molar refractivity (Wildman–Crippen MR) is 92.4 cm³/mol. The van der Waals surface area contributed by atoms with Gasteiger partial charge >= 0.3 is 0 Å². The van der Waals surface area contributed by atoms with E-state index < -0.39 is 10.0 Å². The Morgan fingerprint density at radius 2 is 1.67 bits per heavy atom. The van der Waals surface area contributed by atoms with Gasteiger partial charge in [-0.05, 0) is 31.7 Å². The SMILES string of the molecule is O=C(NC1CCCCCCC1)c1cc(S(=O)(=O)N2CCCC2)c[nH]1. The number of carbonyl (C=O) groups is 1. The number of carbonyl (C=O) groups excluding carboxylic acids is 1. The number of nitrogens with one attached hydrogen (secondary N) is 2. The van der Waals surface area contributed by atoms with Gasteiger partial charge in [0.15, 0.2) is 0 Å². The molecular weight excluding hydrogens is 326 g/mol. The van der Waals surface area contributed by atoms with Crippen LogP contribution in [0.4, 0.5) is 0 Å². The normalized spacial score (nSPS) is 21.3. The third kappa shape index (κ3) is 4.00. The Labute approximate surface area is 144 Å². The van der Waals surface area contributed by atoms with E-state index in [1.807, 2.05) is 0 Å². The predicted octanol–water partition coefficient (Wildman–Crippen LogP) is 2.64. The molecule has 0 aromatic carbocycles. The van der Waals surface area contributed by atoms with Gasteiger partial charge in [-0.2, -0.15) is 4.31 Å². The minimum absolute atomic E-state index is 0.187. The summed E-state index contributed by atoms with van der Waals surface area (Å²) in [5, 5.41) is 3.06. The highest BCUT2D eigenvalue weighted by Gasteiger charge is 2.28. The summed E-state index contributed by atoms with van der Waals surface area (Å²) in [6, 6.07) is 1.66. The molecule has 2 N–H and O–H groups in total. The van der Waals surface area contributed by atoms with Crippen LogP contribution >= 0.6 is 0 Å². The summed E-state index contributed by atoms with van der Waals surface area (Å²) in [6.07, 6.45) is 11.3. The highest BCUT2D eigenvalue weighted by molar-refractivity contribution is 7.89. The molecule has 1 aliphatic carbocycles. The Bertz CT molecular complexity index is 654. The quantitative estimate of drug-likeness (QED) is 0.873. The van der Waals surface area contributed by atoms with Gasteiger partial charge in [-0.1, -0.05) is 32.1 Å². The molecule has 24 heavy (non-hydrogen) atoms. The molecule has 1 aromatic rings. The Balaban J connectivity index is 1.64. The molecule has 0 radical (unpaired) electrons. The summed E-state index contributed by atoms with van der Waals surface area (Å²) in [4.78, 5) is 15.4. The van der Waals surface area contributed by atoms with Crippen molar-refractivity contribution in [1.29, 1.82) is 0 Å². The third-order valence-corrected chi connectivity index (χ3v) is 6.92. The molecule has 2 aliphatic rings. The second-order valence-corrected chi connectivity index (χ2v) is 8.81. The van der Waals surface area contributed by atoms with Crippen LogP contribution in [0.1, 0.15) is 68.3 Å². The maximum atomic E-state index is 12.5. The van der Waals surface area contributed by atoms with Crippen LogP contribution < -0.4 is 5.32 Å². The summed E-state index contributed by atoms with van der Waals surface area (Å²) >= 11 is 0. The van der Waals surface area contributed by atoms with Crippen LogP contribution in [-0.4, -0.2) is 42.7 Å². The van der Waals surface area contributed by atoms with Gasteiger partial charge in [0.2, 0.25) is 10.0 Å². The van der Waals surface area contributed by atoms with E-state index in [2.05, 4.69) is 10.3 Å². The standard InChI is InChI=1S/C17H27N3O3S/c21-17(19-14-8-4-2-1-3-5-9-14)16-12-15(13-18-16)24(22,23)20-10-6-7-11-20/h12-14,18H,1-11H2,(H,19,21). The van der Waals surface area contributed by atoms with Crippen LogP contribution in [0.15, 0.2) is 17.2 Å². The van der Waals surface area contributed by atoms with Crippen molar-refractivity contribution in [2.75, 3.05) is 13.1 Å². The molecule has 0 bridgehead atoms. The van der Waals surface area contributed by atoms with Gasteiger partial charge in [0, 0.05) is 25.3 Å². The maximum Gasteiger partial charge on any atom is 0.267 e. The van der Waals surface area contributed by atoms with Crippen LogP contribution in [0.25, 0.3) is 0 Å². The average Bonchev–Trinajstić information content (AvgIpc) is 3.21. The Morgan fingerprint density at radius 3 is 2.33 bits per heavy atom. The largest absolute Gasteiger partial charge is 0.356 e. The number of aromatic amines is 1. The van der Waals surface area contributed by atoms with E-state index in [9.17, 15) is 13.2 Å². The summed E-state index contributed by atoms with van der Waals surface area (Å²) in [7, 11) is -3.47. The zero-order valence-electron chi connectivity index (χ0n) is 14.1. The van der Waals surface area contributed by atoms with Crippen molar-refractivity contribution in [1.82, 2.24) is 14.6 Å². The van der Waals surface area contributed by atoms with Crippen molar-refractivity contribution in [3.05, 3.63) is 18.0 Å². The molecule has 1 saturated carbocycles. The van der Waals surface area contributed by atoms with Crippen LogP contribution in [0.2, 0.25) is 0 Å². The van der Waals surface area contributed by atoms with E-state index in [0.717, 1.165) is 38.5 Å². The van der Waals surface area contributed by atoms with Crippen molar-refractivity contribution in [2.45, 2.75) is 68.7 Å². The number of amides is 1. The molecule has 7 heteroatoms. The Hall–Kier alpha value is -1.34. The molecule has 3 rings (SSSR count). The first-order valence-electron chi connectivity index (χ1n) is 9.07. The van der Waals surface area contributed by atoms with Crippen LogP contribution in [0, 0.1) is 0 Å². The molecule has 1 aliphatic heterocycles. The van der Waals surface area contributed by atoms with Crippen LogP contribution in [-0.2, 0) is 10.0 Å². The Morgan fingerprint density at radius 1 is 1.04 bits per heavy atom. The van der Waals surface area contributed by atoms with Crippen LogP contribution in [0.5, 0.6) is 0 Å². The summed E-state index contributed by atoms with van der Waals surface area (Å²) in [6.45, 7) is 1.13. The van der Waals surface area contributed by atoms with Crippen molar-refractivity contribution in [2.24, 2.45) is 0 Å². The zero-order chi connectivity index (χ0) is 17.0. The van der Waals surface area contributed by atoms with Crippen molar-refractivity contribution in [3.63, 3.8) is 0 Å². The third-order valence-electron chi connectivity index (χ3n) is 5.04. The fourth-order valence-corrected chi connectivity index (χ4v) is 5.11. The molecule has 0 unspecified atom stereocenters. The van der Waals surface area contributed by atoms with Gasteiger partial charge in [0.25, 0.3) is 5.91 Å². The van der Waals surface area contributed by atoms with Gasteiger partial charge in [-0.3, -0.25) is 4.79 Å². The minimum atomic E-state index is -3.47. The first kappa shape index (κ1) is 17.5. The van der Waals surface area contributed by atoms with Crippen molar-refractivity contribution in [3.8, 4) is 0 Å². The second-order valence-electron chi connectivity index (χ2n) is 6.88. The lowest BCUT2D eigenvalue weighted by atomic mass is 9.96. The number of rotatable bonds is 4. The molecule has 1 aromatic heterocycles. The van der Waals surface area contributed by atoms with E-state index in [1.54, 1.807) is 0 Å². The lowest BCUT2D eigenvalue weighted by molar-refractivity contribution is 0.0926. The lowest BCUT2D eigenvalue weighted by Crippen LogP contribution is -2.35. The van der Waals surface area contributed by atoms with E-state index in [4.69, 9.17) is 0 Å². The number of hydrogen-bond acceptors (Lipinski definition) is 3. The summed E-state index contributed by atoms with van der Waals surface area (Å²) < 4.78 is 26.5. The maximum absolute atomic E-state index is 12.5. The van der Waals surface area contributed by atoms with Crippen LogP contribution in [0.3, 0.4) is 0 Å². The second kappa shape index (κ2) is 7.70. The molecule has 2 heterocycles. The lowest BCUT2D eigenvalue weighted by Gasteiger charge is -2.20. The number of nitrogens with zero attached hydrogens (tertiary/aromatic N) is 1. The molecule has 2 fully saturated rings. The topological polar surface area (TPSA) is 82.3 Å². The highest BCUT2D eigenvalue weighted by Crippen LogP contribution is 2.22. The van der Waals surface area contributed by atoms with Crippen molar-refractivity contribution < 1.29 is 13.2 Å². The van der Waals surface area contributed by atoms with Gasteiger partial charge in [0.1, 0.15) is 10.6 Å². The fourth-order valence-electron chi connectivity index (χ4n) is 3.60. The van der Waals surface area contributed by atoms with E-state index in [1.165, 1.54) is 35.8 Å². The monoisotopic (exact) mass is 353 g/mol. The summed E-state index contributed by atoms with van der Waals surface area (Å²) in [5.41, 5.74) is 0.329. The molecule has 134 valence electrons. The first-order chi connectivity index (χ1) is 11.6.